The van der Waals surface area contributed by atoms with Crippen molar-refractivity contribution in [1.82, 2.24) is 5.32 Å². The number of aryl methyl sites for hydroxylation is 1. The van der Waals surface area contributed by atoms with Crippen LogP contribution in [0.25, 0.3) is 0 Å². The summed E-state index contributed by atoms with van der Waals surface area (Å²) in [7, 11) is 0. The predicted molar refractivity (Wildman–Crippen MR) is 69.0 cm³/mol. The van der Waals surface area contributed by atoms with Crippen molar-refractivity contribution in [2.24, 2.45) is 0 Å². The highest BCUT2D eigenvalue weighted by Crippen LogP contribution is 2.09. The predicted octanol–water partition coefficient (Wildman–Crippen LogP) is 2.87. The topological polar surface area (TPSA) is 21.3 Å². The van der Waals surface area contributed by atoms with Crippen LogP contribution in [0.15, 0.2) is 18.2 Å². The van der Waals surface area contributed by atoms with E-state index in [1.807, 2.05) is 13.0 Å². The van der Waals surface area contributed by atoms with E-state index in [4.69, 9.17) is 16.3 Å². The first-order valence-corrected chi connectivity index (χ1v) is 6.37. The summed E-state index contributed by atoms with van der Waals surface area (Å²) in [6.07, 6.45) is 0.955. The molecule has 1 rings (SSSR count). The minimum Gasteiger partial charge on any atom is -0.380 e. The van der Waals surface area contributed by atoms with Gasteiger partial charge in [0, 0.05) is 19.0 Å². The van der Waals surface area contributed by atoms with Gasteiger partial charge in [-0.3, -0.25) is 0 Å². The normalized spacial score (nSPS) is 10.8. The molecule has 0 heterocycles. The molecular weight excluding hydrogens is 241 g/mol. The number of rotatable bonds is 8. The molecule has 1 N–H and O–H groups in total. The summed E-state index contributed by atoms with van der Waals surface area (Å²) in [6, 6.07) is 4.87. The Bertz CT molecular complexity index is 333. The van der Waals surface area contributed by atoms with Crippen LogP contribution in [-0.4, -0.2) is 25.6 Å². The van der Waals surface area contributed by atoms with Crippen molar-refractivity contribution in [3.8, 4) is 0 Å². The number of benzene rings is 1. The molecule has 0 aliphatic carbocycles. The number of hydrogen-bond acceptors (Lipinski definition) is 2. The van der Waals surface area contributed by atoms with E-state index in [0.29, 0.717) is 12.5 Å². The zero-order chi connectivity index (χ0) is 12.5. The van der Waals surface area contributed by atoms with Crippen molar-refractivity contribution in [3.05, 3.63) is 35.1 Å². The van der Waals surface area contributed by atoms with Crippen LogP contribution < -0.4 is 5.32 Å². The van der Waals surface area contributed by atoms with Gasteiger partial charge in [0.25, 0.3) is 0 Å². The first kappa shape index (κ1) is 14.4. The number of nitrogens with one attached hydrogen (secondary N) is 1. The Kier molecular flexibility index (Phi) is 7.17. The van der Waals surface area contributed by atoms with Crippen LogP contribution in [0.1, 0.15) is 17.5 Å². The van der Waals surface area contributed by atoms with Crippen molar-refractivity contribution >= 4 is 11.6 Å². The molecule has 0 unspecified atom stereocenters. The average Bonchev–Trinajstić information content (AvgIpc) is 2.30. The van der Waals surface area contributed by atoms with Crippen molar-refractivity contribution in [2.45, 2.75) is 19.9 Å². The molecule has 0 aliphatic rings. The Morgan fingerprint density at radius 1 is 1.35 bits per heavy atom. The fraction of sp³-hybridized carbons (Fsp3) is 0.538. The maximum absolute atomic E-state index is 12.9. The van der Waals surface area contributed by atoms with Gasteiger partial charge in [-0.1, -0.05) is 6.07 Å². The minimum atomic E-state index is -0.180. The van der Waals surface area contributed by atoms with Crippen LogP contribution in [0.4, 0.5) is 4.39 Å². The van der Waals surface area contributed by atoms with E-state index in [0.717, 1.165) is 37.2 Å². The molecule has 0 radical (unpaired) electrons. The van der Waals surface area contributed by atoms with Crippen LogP contribution in [0.2, 0.25) is 0 Å². The van der Waals surface area contributed by atoms with Crippen LogP contribution in [0.3, 0.4) is 0 Å². The summed E-state index contributed by atoms with van der Waals surface area (Å²) in [4.78, 5) is 0. The smallest absolute Gasteiger partial charge is 0.123 e. The molecule has 0 aromatic heterocycles. The minimum absolute atomic E-state index is 0.180. The molecule has 17 heavy (non-hydrogen) atoms. The maximum atomic E-state index is 12.9. The van der Waals surface area contributed by atoms with Gasteiger partial charge in [0.15, 0.2) is 0 Å². The first-order chi connectivity index (χ1) is 8.24. The molecule has 0 saturated heterocycles. The first-order valence-electron chi connectivity index (χ1n) is 5.83. The molecule has 0 aliphatic heterocycles. The summed E-state index contributed by atoms with van der Waals surface area (Å²) in [5.74, 6) is 0.364. The summed E-state index contributed by atoms with van der Waals surface area (Å²) in [5, 5.41) is 3.30. The summed E-state index contributed by atoms with van der Waals surface area (Å²) < 4.78 is 18.1. The van der Waals surface area contributed by atoms with E-state index in [2.05, 4.69) is 5.32 Å². The molecule has 1 aromatic carbocycles. The Balaban J connectivity index is 2.14. The Morgan fingerprint density at radius 3 is 2.88 bits per heavy atom. The number of alkyl halides is 1. The van der Waals surface area contributed by atoms with Gasteiger partial charge in [0.2, 0.25) is 0 Å². The van der Waals surface area contributed by atoms with Crippen LogP contribution in [0.5, 0.6) is 0 Å². The highest BCUT2D eigenvalue weighted by atomic mass is 35.5. The third-order valence-corrected chi connectivity index (χ3v) is 2.64. The second-order valence-corrected chi connectivity index (χ2v) is 4.28. The molecule has 0 amide bonds. The highest BCUT2D eigenvalue weighted by Gasteiger charge is 1.99. The van der Waals surface area contributed by atoms with Crippen molar-refractivity contribution in [2.75, 3.05) is 25.6 Å². The fourth-order valence-corrected chi connectivity index (χ4v) is 1.65. The number of ether oxygens (including phenoxy) is 1. The maximum Gasteiger partial charge on any atom is 0.123 e. The van der Waals surface area contributed by atoms with E-state index >= 15 is 0 Å². The van der Waals surface area contributed by atoms with E-state index in [9.17, 15) is 4.39 Å². The molecule has 0 bridgehead atoms. The van der Waals surface area contributed by atoms with Gasteiger partial charge in [-0.25, -0.2) is 4.39 Å². The number of halogens is 2. The second kappa shape index (κ2) is 8.45. The molecule has 0 spiro atoms. The molecule has 0 atom stereocenters. The van der Waals surface area contributed by atoms with E-state index in [-0.39, 0.29) is 5.82 Å². The fourth-order valence-electron chi connectivity index (χ4n) is 1.54. The quantitative estimate of drug-likeness (QED) is 0.573. The zero-order valence-corrected chi connectivity index (χ0v) is 10.9. The third kappa shape index (κ3) is 6.01. The Labute approximate surface area is 107 Å². The highest BCUT2D eigenvalue weighted by molar-refractivity contribution is 6.17. The van der Waals surface area contributed by atoms with Gasteiger partial charge in [0.05, 0.1) is 6.61 Å². The van der Waals surface area contributed by atoms with E-state index in [1.165, 1.54) is 6.07 Å². The molecule has 1 aromatic rings. The van der Waals surface area contributed by atoms with Crippen molar-refractivity contribution < 1.29 is 9.13 Å². The van der Waals surface area contributed by atoms with Gasteiger partial charge in [-0.15, -0.1) is 11.6 Å². The molecule has 0 saturated carbocycles. The number of hydrogen-bond donors (Lipinski definition) is 1. The van der Waals surface area contributed by atoms with Gasteiger partial charge in [-0.2, -0.15) is 0 Å². The van der Waals surface area contributed by atoms with Gasteiger partial charge in [-0.05, 0) is 43.1 Å². The largest absolute Gasteiger partial charge is 0.380 e. The van der Waals surface area contributed by atoms with Crippen LogP contribution >= 0.6 is 11.6 Å². The zero-order valence-electron chi connectivity index (χ0n) is 10.1. The lowest BCUT2D eigenvalue weighted by Crippen LogP contribution is -2.17. The lowest BCUT2D eigenvalue weighted by Gasteiger charge is -2.08. The molecule has 96 valence electrons. The molecule has 0 fully saturated rings. The molecule has 4 heteroatoms. The summed E-state index contributed by atoms with van der Waals surface area (Å²) in [5.41, 5.74) is 2.11. The summed E-state index contributed by atoms with van der Waals surface area (Å²) in [6.45, 7) is 4.91. The van der Waals surface area contributed by atoms with Crippen LogP contribution in [-0.2, 0) is 11.3 Å². The molecule has 2 nitrogen and oxygen atoms in total. The molecular formula is C13H19ClFNO. The average molecular weight is 260 g/mol. The lowest BCUT2D eigenvalue weighted by atomic mass is 10.1. The van der Waals surface area contributed by atoms with Gasteiger partial charge < -0.3 is 10.1 Å². The second-order valence-electron chi connectivity index (χ2n) is 3.90. The lowest BCUT2D eigenvalue weighted by molar-refractivity contribution is 0.146. The Hall–Kier alpha value is -0.640. The standard InChI is InChI=1S/C13H19ClFNO/c1-11-9-13(15)4-3-12(11)10-16-6-2-7-17-8-5-14/h3-4,9,16H,2,5-8,10H2,1H3. The van der Waals surface area contributed by atoms with Gasteiger partial charge in [0.1, 0.15) is 5.82 Å². The third-order valence-electron chi connectivity index (χ3n) is 2.48. The van der Waals surface area contributed by atoms with E-state index in [1.54, 1.807) is 6.07 Å². The van der Waals surface area contributed by atoms with E-state index < -0.39 is 0 Å². The van der Waals surface area contributed by atoms with Crippen LogP contribution in [0, 0.1) is 12.7 Å². The van der Waals surface area contributed by atoms with Crippen molar-refractivity contribution in [3.63, 3.8) is 0 Å². The Morgan fingerprint density at radius 2 is 2.18 bits per heavy atom. The van der Waals surface area contributed by atoms with Crippen molar-refractivity contribution in [1.29, 1.82) is 0 Å². The summed E-state index contributed by atoms with van der Waals surface area (Å²) >= 11 is 5.48. The van der Waals surface area contributed by atoms with Gasteiger partial charge >= 0.3 is 0 Å². The monoisotopic (exact) mass is 259 g/mol. The SMILES string of the molecule is Cc1cc(F)ccc1CNCCCOCCCl.